The molecule has 0 spiro atoms. The van der Waals surface area contributed by atoms with Crippen LogP contribution in [-0.4, -0.2) is 67.7 Å². The summed E-state index contributed by atoms with van der Waals surface area (Å²) in [5.74, 6) is 0.675. The van der Waals surface area contributed by atoms with E-state index >= 15 is 0 Å². The van der Waals surface area contributed by atoms with Crippen molar-refractivity contribution in [1.82, 2.24) is 20.9 Å². The Kier molecular flexibility index (Phi) is 6.64. The number of piperidine rings is 1. The Morgan fingerprint density at radius 3 is 2.86 bits per heavy atom. The molecule has 2 atom stereocenters. The first-order chi connectivity index (χ1) is 18.0. The maximum atomic E-state index is 13.5. The molecule has 3 N–H and O–H groups in total. The number of urea groups is 1. The third-order valence-electron chi connectivity index (χ3n) is 7.48. The summed E-state index contributed by atoms with van der Waals surface area (Å²) in [6, 6.07) is 5.69. The van der Waals surface area contributed by atoms with Crippen molar-refractivity contribution in [3.05, 3.63) is 57.9 Å². The molecule has 2 fully saturated rings. The third kappa shape index (κ3) is 4.73. The van der Waals surface area contributed by atoms with Gasteiger partial charge in [0.25, 0.3) is 5.91 Å². The largest absolute Gasteiger partial charge is 0.490 e. The number of likely N-dealkylation sites (tertiary alicyclic amines) is 1. The number of dihydropyridines is 1. The van der Waals surface area contributed by atoms with Gasteiger partial charge in [0.2, 0.25) is 0 Å². The van der Waals surface area contributed by atoms with Gasteiger partial charge in [0.05, 0.1) is 35.2 Å². The monoisotopic (exact) mass is 523 g/mol. The molecular formula is C27H33N5O4S. The van der Waals surface area contributed by atoms with Crippen LogP contribution in [0.2, 0.25) is 0 Å². The van der Waals surface area contributed by atoms with E-state index in [-0.39, 0.29) is 29.5 Å². The smallest absolute Gasteiger partial charge is 0.331 e. The van der Waals surface area contributed by atoms with Crippen molar-refractivity contribution >= 4 is 29.4 Å². The van der Waals surface area contributed by atoms with Gasteiger partial charge >= 0.3 is 6.03 Å². The number of allylic oxidation sites excluding steroid dienone is 1. The van der Waals surface area contributed by atoms with E-state index in [2.05, 4.69) is 27.9 Å². The highest BCUT2D eigenvalue weighted by molar-refractivity contribution is 8.05. The Morgan fingerprint density at radius 1 is 1.24 bits per heavy atom. The molecule has 37 heavy (non-hydrogen) atoms. The number of benzene rings is 1. The minimum absolute atomic E-state index is 0.113. The Bertz CT molecular complexity index is 1210. The number of ether oxygens (including phenoxy) is 2. The summed E-state index contributed by atoms with van der Waals surface area (Å²) in [6.45, 7) is 5.32. The van der Waals surface area contributed by atoms with Gasteiger partial charge in [0.15, 0.2) is 0 Å². The minimum Gasteiger partial charge on any atom is -0.490 e. The average Bonchev–Trinajstić information content (AvgIpc) is 3.25. The second-order valence-electron chi connectivity index (χ2n) is 10.2. The fraction of sp³-hybridized carbons (Fsp3) is 0.481. The zero-order valence-electron chi connectivity index (χ0n) is 21.2. The molecule has 0 saturated carbocycles. The van der Waals surface area contributed by atoms with Crippen molar-refractivity contribution in [3.8, 4) is 5.75 Å². The summed E-state index contributed by atoms with van der Waals surface area (Å²) in [7, 11) is 2.08. The maximum Gasteiger partial charge on any atom is 0.331 e. The molecular weight excluding hydrogens is 490 g/mol. The highest BCUT2D eigenvalue weighted by Crippen LogP contribution is 2.46. The number of carbonyl (C=O) groups excluding carboxylic acids is 2. The van der Waals surface area contributed by atoms with Crippen molar-refractivity contribution in [2.24, 2.45) is 0 Å². The van der Waals surface area contributed by atoms with Crippen LogP contribution in [0.15, 0.2) is 52.3 Å². The Morgan fingerprint density at radius 2 is 2.08 bits per heavy atom. The van der Waals surface area contributed by atoms with Gasteiger partial charge in [-0.25, -0.2) is 4.79 Å². The van der Waals surface area contributed by atoms with Crippen LogP contribution in [0, 0.1) is 6.92 Å². The van der Waals surface area contributed by atoms with Crippen LogP contribution in [0.5, 0.6) is 5.75 Å². The molecule has 1 aromatic rings. The molecule has 0 aliphatic carbocycles. The number of hydrogen-bond donors (Lipinski definition) is 3. The van der Waals surface area contributed by atoms with Gasteiger partial charge in [-0.1, -0.05) is 11.8 Å². The summed E-state index contributed by atoms with van der Waals surface area (Å²) in [4.78, 5) is 31.3. The Labute approximate surface area is 221 Å². The number of rotatable bonds is 5. The number of nitrogens with zero attached hydrogens (tertiary/aromatic N) is 2. The lowest BCUT2D eigenvalue weighted by Gasteiger charge is -2.35. The molecule has 0 radical (unpaired) electrons. The maximum absolute atomic E-state index is 13.5. The van der Waals surface area contributed by atoms with Crippen LogP contribution in [0.3, 0.4) is 0 Å². The van der Waals surface area contributed by atoms with Crippen molar-refractivity contribution in [2.75, 3.05) is 38.3 Å². The molecule has 196 valence electrons. The van der Waals surface area contributed by atoms with Gasteiger partial charge in [-0.2, -0.15) is 0 Å². The molecule has 1 aromatic carbocycles. The second kappa shape index (κ2) is 10.1. The number of thioether (sulfide) groups is 1. The first-order valence-corrected chi connectivity index (χ1v) is 13.9. The number of amides is 3. The molecule has 10 heteroatoms. The minimum atomic E-state index is -0.273. The van der Waals surface area contributed by atoms with Crippen molar-refractivity contribution in [1.29, 1.82) is 0 Å². The van der Waals surface area contributed by atoms with E-state index < -0.39 is 0 Å². The quantitative estimate of drug-likeness (QED) is 0.546. The lowest BCUT2D eigenvalue weighted by Crippen LogP contribution is -2.48. The Balaban J connectivity index is 1.27. The molecule has 0 aromatic heterocycles. The Hall–Kier alpha value is -2.95. The lowest BCUT2D eigenvalue weighted by atomic mass is 10.0. The zero-order valence-corrected chi connectivity index (χ0v) is 22.0. The number of anilines is 1. The number of likely N-dealkylation sites (N-methyl/N-ethyl adjacent to an activating group) is 1. The normalized spacial score (nSPS) is 26.1. The summed E-state index contributed by atoms with van der Waals surface area (Å²) in [5, 5.41) is 9.44. The summed E-state index contributed by atoms with van der Waals surface area (Å²) in [5.41, 5.74) is 4.06. The fourth-order valence-electron chi connectivity index (χ4n) is 5.64. The number of nitrogens with one attached hydrogen (secondary N) is 3. The molecule has 5 aliphatic rings. The average molecular weight is 524 g/mol. The summed E-state index contributed by atoms with van der Waals surface area (Å²) in [6.07, 6.45) is 7.71. The molecule has 2 saturated heterocycles. The van der Waals surface area contributed by atoms with Gasteiger partial charge in [0, 0.05) is 31.0 Å². The van der Waals surface area contributed by atoms with Crippen molar-refractivity contribution in [2.45, 2.75) is 50.1 Å². The molecule has 0 bridgehead atoms. The summed E-state index contributed by atoms with van der Waals surface area (Å²) < 4.78 is 11.6. The van der Waals surface area contributed by atoms with E-state index in [0.29, 0.717) is 10.6 Å². The van der Waals surface area contributed by atoms with Crippen LogP contribution in [-0.2, 0) is 9.53 Å². The molecule has 5 aliphatic heterocycles. The van der Waals surface area contributed by atoms with Crippen molar-refractivity contribution in [3.63, 3.8) is 0 Å². The van der Waals surface area contributed by atoms with Gasteiger partial charge < -0.3 is 30.3 Å². The molecule has 5 heterocycles. The second-order valence-corrected chi connectivity index (χ2v) is 11.3. The predicted octanol–water partition coefficient (Wildman–Crippen LogP) is 2.95. The predicted molar refractivity (Wildman–Crippen MR) is 143 cm³/mol. The topological polar surface area (TPSA) is 95.2 Å². The molecule has 3 amide bonds. The van der Waals surface area contributed by atoms with E-state index in [1.165, 1.54) is 11.8 Å². The summed E-state index contributed by atoms with van der Waals surface area (Å²) >= 11 is 1.46. The SMILES string of the molecule is Cc1cc(OC2CCOCC2)ccc1N1C(=O)NC2=C(C(=O)N[C@@H]3CCCN(C)C3)SC3NC=CC1=C23. The van der Waals surface area contributed by atoms with Gasteiger partial charge in [-0.15, -0.1) is 0 Å². The van der Waals surface area contributed by atoms with E-state index in [9.17, 15) is 9.59 Å². The lowest BCUT2D eigenvalue weighted by molar-refractivity contribution is -0.117. The number of aryl methyl sites for hydroxylation is 1. The fourth-order valence-corrected chi connectivity index (χ4v) is 6.83. The zero-order chi connectivity index (χ0) is 25.5. The van der Waals surface area contributed by atoms with Gasteiger partial charge in [-0.3, -0.25) is 9.69 Å². The standard InChI is InChI=1S/C27H33N5O4S/c1-16-14-19(36-18-8-12-35-13-9-18)5-6-20(16)32-21-7-10-28-26-22(21)23(30-27(32)34)24(37-26)25(33)29-17-4-3-11-31(2)15-17/h5-7,10,14,17-18,26,28H,3-4,8-9,11-13,15H2,1-2H3,(H,29,33)(H,30,34)/t17-,26?/m1/s1. The molecule has 1 unspecified atom stereocenters. The first kappa shape index (κ1) is 24.4. The van der Waals surface area contributed by atoms with Crippen LogP contribution >= 0.6 is 11.8 Å². The first-order valence-electron chi connectivity index (χ1n) is 13.0. The van der Waals surface area contributed by atoms with E-state index in [4.69, 9.17) is 9.47 Å². The van der Waals surface area contributed by atoms with Gasteiger partial charge in [0.1, 0.15) is 17.2 Å². The highest BCUT2D eigenvalue weighted by Gasteiger charge is 2.44. The highest BCUT2D eigenvalue weighted by atomic mass is 32.2. The van der Waals surface area contributed by atoms with Crippen LogP contribution in [0.1, 0.15) is 31.2 Å². The van der Waals surface area contributed by atoms with E-state index in [1.807, 2.05) is 37.4 Å². The van der Waals surface area contributed by atoms with E-state index in [0.717, 1.165) is 80.3 Å². The van der Waals surface area contributed by atoms with E-state index in [1.54, 1.807) is 4.90 Å². The molecule has 6 rings (SSSR count). The number of hydrogen-bond acceptors (Lipinski definition) is 7. The third-order valence-corrected chi connectivity index (χ3v) is 8.71. The van der Waals surface area contributed by atoms with Crippen LogP contribution in [0.25, 0.3) is 0 Å². The van der Waals surface area contributed by atoms with Crippen molar-refractivity contribution < 1.29 is 19.1 Å². The molecule has 9 nitrogen and oxygen atoms in total. The van der Waals surface area contributed by atoms with Gasteiger partial charge in [-0.05, 0) is 69.4 Å². The van der Waals surface area contributed by atoms with Crippen LogP contribution in [0.4, 0.5) is 10.5 Å². The number of carbonyl (C=O) groups is 2. The van der Waals surface area contributed by atoms with Crippen LogP contribution < -0.4 is 25.6 Å².